The van der Waals surface area contributed by atoms with Gasteiger partial charge >= 0.3 is 5.97 Å². The highest BCUT2D eigenvalue weighted by molar-refractivity contribution is 6.99. The third-order valence-electron chi connectivity index (χ3n) is 3.69. The molecule has 0 spiro atoms. The smallest absolute Gasteiger partial charge is 0.302 e. The van der Waals surface area contributed by atoms with Crippen LogP contribution in [0.1, 0.15) is 23.7 Å². The molecular weight excluding hydrogens is 322 g/mol. The summed E-state index contributed by atoms with van der Waals surface area (Å²) in [7, 11) is -3.19. The molecule has 0 aromatic carbocycles. The fourth-order valence-corrected chi connectivity index (χ4v) is 13.1. The number of nitriles is 1. The molecule has 0 aliphatic heterocycles. The van der Waals surface area contributed by atoms with Crippen LogP contribution < -0.4 is 4.23 Å². The maximum Gasteiger partial charge on any atom is 0.302 e. The van der Waals surface area contributed by atoms with Gasteiger partial charge in [-0.3, -0.25) is 4.79 Å². The molecule has 1 N–H and O–H groups in total. The molecule has 0 atom stereocenters. The second kappa shape index (κ2) is 6.93. The monoisotopic (exact) mass is 351 g/mol. The highest BCUT2D eigenvalue weighted by Crippen LogP contribution is 2.33. The lowest BCUT2D eigenvalue weighted by atomic mass is 10.1. The number of carbonyl (C=O) groups excluding carboxylic acids is 1. The normalized spacial score (nSPS) is 12.0. The maximum absolute atomic E-state index is 11.0. The molecule has 0 aliphatic carbocycles. The van der Waals surface area contributed by atoms with Crippen LogP contribution in [0.3, 0.4) is 0 Å². The molecule has 0 saturated heterocycles. The van der Waals surface area contributed by atoms with Crippen LogP contribution in [0.2, 0.25) is 39.3 Å². The van der Waals surface area contributed by atoms with Crippen molar-refractivity contribution in [1.29, 1.82) is 5.26 Å². The van der Waals surface area contributed by atoms with Crippen LogP contribution in [0.4, 0.5) is 5.82 Å². The number of carbonyl (C=O) groups is 1. The lowest BCUT2D eigenvalue weighted by Crippen LogP contribution is -2.60. The molecule has 128 valence electrons. The molecule has 0 saturated carbocycles. The highest BCUT2D eigenvalue weighted by Gasteiger charge is 2.37. The maximum atomic E-state index is 11.0. The Hall–Kier alpha value is -1.53. The van der Waals surface area contributed by atoms with E-state index in [-0.39, 0.29) is 5.97 Å². The van der Waals surface area contributed by atoms with Gasteiger partial charge in [0.05, 0.1) is 12.4 Å². The third kappa shape index (κ3) is 4.72. The van der Waals surface area contributed by atoms with Crippen molar-refractivity contribution >= 4 is 28.3 Å². The molecule has 1 aromatic rings. The first kappa shape index (κ1) is 19.5. The minimum absolute atomic E-state index is 0.289. The van der Waals surface area contributed by atoms with E-state index in [1.807, 2.05) is 0 Å². The quantitative estimate of drug-likeness (QED) is 0.625. The van der Waals surface area contributed by atoms with Crippen LogP contribution in [0.25, 0.3) is 0 Å². The van der Waals surface area contributed by atoms with Gasteiger partial charge in [0.25, 0.3) is 0 Å². The minimum atomic E-state index is -1.60. The number of aromatic nitrogens is 1. The standard InChI is InChI=1S/C16H29N3O2Si2/c1-12-14(9-10-21-13(2)20)15(11-17)18-16(12)19(22(3,4)5)23(6,7)8/h18H,9-10H2,1-8H3. The van der Waals surface area contributed by atoms with E-state index in [2.05, 4.69) is 61.5 Å². The second-order valence-corrected chi connectivity index (χ2v) is 17.9. The van der Waals surface area contributed by atoms with Crippen molar-refractivity contribution in [2.75, 3.05) is 10.8 Å². The molecule has 1 heterocycles. The van der Waals surface area contributed by atoms with Gasteiger partial charge < -0.3 is 14.0 Å². The summed E-state index contributed by atoms with van der Waals surface area (Å²) in [4.78, 5) is 14.3. The van der Waals surface area contributed by atoms with Crippen LogP contribution in [0.15, 0.2) is 0 Å². The van der Waals surface area contributed by atoms with E-state index in [4.69, 9.17) is 4.74 Å². The third-order valence-corrected chi connectivity index (χ3v) is 10.8. The number of hydrogen-bond acceptors (Lipinski definition) is 4. The SMILES string of the molecule is CC(=O)OCCc1c(C#N)[nH]c(N([Si](C)(C)C)[Si](C)(C)C)c1C. The van der Waals surface area contributed by atoms with E-state index in [0.29, 0.717) is 18.7 Å². The van der Waals surface area contributed by atoms with E-state index in [9.17, 15) is 10.1 Å². The number of aromatic amines is 1. The largest absolute Gasteiger partial charge is 0.466 e. The summed E-state index contributed by atoms with van der Waals surface area (Å²) in [6, 6.07) is 2.26. The number of ether oxygens (including phenoxy) is 1. The fraction of sp³-hybridized carbons (Fsp3) is 0.625. The first-order valence-electron chi connectivity index (χ1n) is 7.94. The predicted molar refractivity (Wildman–Crippen MR) is 99.8 cm³/mol. The average molecular weight is 352 g/mol. The molecule has 7 heteroatoms. The van der Waals surface area contributed by atoms with Gasteiger partial charge in [0.2, 0.25) is 0 Å². The van der Waals surface area contributed by atoms with Gasteiger partial charge in [0.15, 0.2) is 0 Å². The highest BCUT2D eigenvalue weighted by atomic mass is 28.4. The number of esters is 1. The number of nitrogens with zero attached hydrogens (tertiary/aromatic N) is 2. The number of hydrogen-bond donors (Lipinski definition) is 1. The van der Waals surface area contributed by atoms with Crippen LogP contribution in [0, 0.1) is 18.3 Å². The van der Waals surface area contributed by atoms with E-state index in [1.54, 1.807) is 0 Å². The van der Waals surface area contributed by atoms with Gasteiger partial charge in [0.1, 0.15) is 28.2 Å². The first-order chi connectivity index (χ1) is 10.4. The second-order valence-electron chi connectivity index (χ2n) is 7.83. The Morgan fingerprint density at radius 3 is 2.13 bits per heavy atom. The van der Waals surface area contributed by atoms with Crippen molar-refractivity contribution in [1.82, 2.24) is 4.98 Å². The summed E-state index contributed by atoms with van der Waals surface area (Å²) >= 11 is 0. The van der Waals surface area contributed by atoms with Crippen molar-refractivity contribution < 1.29 is 9.53 Å². The Kier molecular flexibility index (Phi) is 5.88. The van der Waals surface area contributed by atoms with Crippen molar-refractivity contribution in [2.24, 2.45) is 0 Å². The van der Waals surface area contributed by atoms with E-state index >= 15 is 0 Å². The Morgan fingerprint density at radius 1 is 1.22 bits per heavy atom. The molecule has 0 aliphatic rings. The van der Waals surface area contributed by atoms with Gasteiger partial charge in [-0.25, -0.2) is 0 Å². The summed E-state index contributed by atoms with van der Waals surface area (Å²) < 4.78 is 7.62. The first-order valence-corrected chi connectivity index (χ1v) is 14.8. The van der Waals surface area contributed by atoms with E-state index in [1.165, 1.54) is 6.92 Å². The van der Waals surface area contributed by atoms with Gasteiger partial charge in [-0.1, -0.05) is 39.3 Å². The van der Waals surface area contributed by atoms with Crippen LogP contribution in [-0.2, 0) is 16.0 Å². The van der Waals surface area contributed by atoms with Crippen molar-refractivity contribution in [2.45, 2.75) is 59.6 Å². The lowest BCUT2D eigenvalue weighted by molar-refractivity contribution is -0.140. The van der Waals surface area contributed by atoms with Crippen molar-refractivity contribution in [3.63, 3.8) is 0 Å². The topological polar surface area (TPSA) is 69.1 Å². The molecule has 1 aromatic heterocycles. The Bertz CT molecular complexity index is 605. The van der Waals surface area contributed by atoms with Crippen LogP contribution in [0.5, 0.6) is 0 Å². The summed E-state index contributed by atoms with van der Waals surface area (Å²) in [5, 5.41) is 9.47. The van der Waals surface area contributed by atoms with E-state index < -0.39 is 16.5 Å². The number of nitrogens with one attached hydrogen (secondary N) is 1. The molecular formula is C16H29N3O2Si2. The summed E-state index contributed by atoms with van der Waals surface area (Å²) in [5.41, 5.74) is 2.66. The Morgan fingerprint density at radius 2 is 1.74 bits per heavy atom. The van der Waals surface area contributed by atoms with Gasteiger partial charge in [-0.2, -0.15) is 5.26 Å². The zero-order valence-corrected chi connectivity index (χ0v) is 17.6. The van der Waals surface area contributed by atoms with Crippen LogP contribution >= 0.6 is 0 Å². The predicted octanol–water partition coefficient (Wildman–Crippen LogP) is 3.78. The van der Waals surface area contributed by atoms with Crippen LogP contribution in [-0.4, -0.2) is 34.0 Å². The molecule has 5 nitrogen and oxygen atoms in total. The molecule has 23 heavy (non-hydrogen) atoms. The average Bonchev–Trinajstić information content (AvgIpc) is 2.63. The molecule has 1 rings (SSSR count). The lowest BCUT2D eigenvalue weighted by Gasteiger charge is -2.45. The molecule has 0 unspecified atom stereocenters. The van der Waals surface area contributed by atoms with Gasteiger partial charge in [-0.05, 0) is 18.1 Å². The molecule has 0 radical (unpaired) electrons. The zero-order valence-electron chi connectivity index (χ0n) is 15.6. The molecule has 0 amide bonds. The fourth-order valence-electron chi connectivity index (χ4n) is 3.22. The Balaban J connectivity index is 3.30. The summed E-state index contributed by atoms with van der Waals surface area (Å²) in [6.45, 7) is 17.7. The van der Waals surface area contributed by atoms with Gasteiger partial charge in [0, 0.05) is 13.3 Å². The number of rotatable bonds is 6. The molecule has 0 fully saturated rings. The van der Waals surface area contributed by atoms with Gasteiger partial charge in [-0.15, -0.1) is 0 Å². The summed E-state index contributed by atoms with van der Waals surface area (Å²) in [5.74, 6) is 0.792. The summed E-state index contributed by atoms with van der Waals surface area (Å²) in [6.07, 6.45) is 0.566. The van der Waals surface area contributed by atoms with E-state index in [0.717, 1.165) is 16.9 Å². The Labute approximate surface area is 141 Å². The number of anilines is 1. The van der Waals surface area contributed by atoms with Crippen molar-refractivity contribution in [3.8, 4) is 6.07 Å². The number of H-pyrrole nitrogens is 1. The van der Waals surface area contributed by atoms with Crippen molar-refractivity contribution in [3.05, 3.63) is 16.8 Å². The zero-order chi connectivity index (χ0) is 18.0. The minimum Gasteiger partial charge on any atom is -0.466 e. The molecule has 0 bridgehead atoms.